The highest BCUT2D eigenvalue weighted by atomic mass is 16.5. The van der Waals surface area contributed by atoms with Crippen LogP contribution in [0.4, 0.5) is 4.79 Å². The first-order valence-electron chi connectivity index (χ1n) is 11.1. The molecule has 1 aliphatic carbocycles. The van der Waals surface area contributed by atoms with E-state index < -0.39 is 42.5 Å². The van der Waals surface area contributed by atoms with Gasteiger partial charge in [-0.25, -0.2) is 4.79 Å². The Morgan fingerprint density at radius 2 is 1.90 bits per heavy atom. The van der Waals surface area contributed by atoms with Crippen LogP contribution in [0.5, 0.6) is 0 Å². The molecule has 4 amide bonds. The Labute approximate surface area is 182 Å². The highest BCUT2D eigenvalue weighted by molar-refractivity contribution is 6.08. The van der Waals surface area contributed by atoms with E-state index in [4.69, 9.17) is 4.74 Å². The van der Waals surface area contributed by atoms with Crippen molar-refractivity contribution < 1.29 is 23.9 Å². The molecule has 2 aliphatic rings. The van der Waals surface area contributed by atoms with Gasteiger partial charge in [0.25, 0.3) is 11.8 Å². The number of carbonyl (C=O) groups is 4. The first-order valence-corrected chi connectivity index (χ1v) is 11.1. The van der Waals surface area contributed by atoms with Crippen LogP contribution in [0.1, 0.15) is 69.5 Å². The molecule has 0 radical (unpaired) electrons. The van der Waals surface area contributed by atoms with E-state index in [1.54, 1.807) is 0 Å². The van der Waals surface area contributed by atoms with Gasteiger partial charge in [-0.3, -0.25) is 19.3 Å². The van der Waals surface area contributed by atoms with Gasteiger partial charge >= 0.3 is 12.0 Å². The van der Waals surface area contributed by atoms with Gasteiger partial charge in [0, 0.05) is 0 Å². The molecule has 31 heavy (non-hydrogen) atoms. The minimum Gasteiger partial charge on any atom is -0.454 e. The van der Waals surface area contributed by atoms with Crippen LogP contribution in [-0.4, -0.2) is 47.4 Å². The maximum absolute atomic E-state index is 12.8. The van der Waals surface area contributed by atoms with Gasteiger partial charge in [-0.2, -0.15) is 0 Å². The summed E-state index contributed by atoms with van der Waals surface area (Å²) in [6.45, 7) is 2.93. The molecule has 1 heterocycles. The number of carbonyl (C=O) groups excluding carboxylic acids is 4. The van der Waals surface area contributed by atoms with Crippen molar-refractivity contribution in [3.05, 3.63) is 35.4 Å². The molecule has 0 bridgehead atoms. The third kappa shape index (κ3) is 5.06. The first kappa shape index (κ1) is 22.8. The van der Waals surface area contributed by atoms with Crippen molar-refractivity contribution in [2.45, 2.75) is 70.4 Å². The minimum absolute atomic E-state index is 0.106. The fourth-order valence-electron chi connectivity index (χ4n) is 4.60. The lowest BCUT2D eigenvalue weighted by molar-refractivity contribution is -0.151. The number of amides is 4. The van der Waals surface area contributed by atoms with Crippen LogP contribution in [-0.2, 0) is 25.5 Å². The van der Waals surface area contributed by atoms with Gasteiger partial charge < -0.3 is 15.4 Å². The van der Waals surface area contributed by atoms with Crippen LogP contribution in [0.2, 0.25) is 0 Å². The van der Waals surface area contributed by atoms with Crippen molar-refractivity contribution in [2.75, 3.05) is 13.2 Å². The fraction of sp³-hybridized carbons (Fsp3) is 0.565. The Morgan fingerprint density at radius 3 is 2.61 bits per heavy atom. The molecule has 8 heteroatoms. The molecule has 8 nitrogen and oxygen atoms in total. The molecule has 0 unspecified atom stereocenters. The average Bonchev–Trinajstić information content (AvgIpc) is 2.97. The molecular weight excluding hydrogens is 398 g/mol. The normalized spacial score (nSPS) is 19.5. The standard InChI is InChI=1S/C23H31N3O5/c1-3-12-23(13-4-2)21(29)26(22(30)25-23)14-20(28)31-15-19(27)24-18-11-7-9-16-8-5-6-10-17(16)18/h5-6,8,10,18H,3-4,7,9,11-15H2,1-2H3,(H,24,27)(H,25,30)/t18-/m0/s1. The topological polar surface area (TPSA) is 105 Å². The number of esters is 1. The zero-order chi connectivity index (χ0) is 22.4. The Balaban J connectivity index is 1.52. The zero-order valence-electron chi connectivity index (χ0n) is 18.2. The third-order valence-corrected chi connectivity index (χ3v) is 5.96. The summed E-state index contributed by atoms with van der Waals surface area (Å²) in [5.41, 5.74) is 1.36. The summed E-state index contributed by atoms with van der Waals surface area (Å²) in [7, 11) is 0. The van der Waals surface area contributed by atoms with E-state index in [-0.39, 0.29) is 6.04 Å². The largest absolute Gasteiger partial charge is 0.454 e. The van der Waals surface area contributed by atoms with Crippen molar-refractivity contribution in [1.29, 1.82) is 0 Å². The Kier molecular flexibility index (Phi) is 7.30. The maximum Gasteiger partial charge on any atom is 0.326 e. The van der Waals surface area contributed by atoms with E-state index in [1.807, 2.05) is 32.0 Å². The lowest BCUT2D eigenvalue weighted by Gasteiger charge is -2.26. The first-order chi connectivity index (χ1) is 14.9. The lowest BCUT2D eigenvalue weighted by atomic mass is 9.88. The van der Waals surface area contributed by atoms with E-state index in [9.17, 15) is 19.2 Å². The molecule has 0 spiro atoms. The van der Waals surface area contributed by atoms with E-state index in [0.29, 0.717) is 12.8 Å². The summed E-state index contributed by atoms with van der Waals surface area (Å²) in [5, 5.41) is 5.67. The van der Waals surface area contributed by atoms with Crippen LogP contribution < -0.4 is 10.6 Å². The molecular formula is C23H31N3O5. The van der Waals surface area contributed by atoms with Crippen LogP contribution in [0, 0.1) is 0 Å². The van der Waals surface area contributed by atoms with Crippen LogP contribution in [0.25, 0.3) is 0 Å². The van der Waals surface area contributed by atoms with Gasteiger partial charge in [0.15, 0.2) is 6.61 Å². The summed E-state index contributed by atoms with van der Waals surface area (Å²) in [4.78, 5) is 50.6. The van der Waals surface area contributed by atoms with E-state index in [1.165, 1.54) is 5.56 Å². The number of aryl methyl sites for hydroxylation is 1. The second-order valence-corrected chi connectivity index (χ2v) is 8.28. The number of ether oxygens (including phenoxy) is 1. The molecule has 1 atom stereocenters. The summed E-state index contributed by atoms with van der Waals surface area (Å²) in [5.74, 6) is -1.59. The summed E-state index contributed by atoms with van der Waals surface area (Å²) in [6.07, 6.45) is 5.29. The number of nitrogens with one attached hydrogen (secondary N) is 2. The number of fused-ring (bicyclic) bond motifs is 1. The van der Waals surface area contributed by atoms with Crippen molar-refractivity contribution in [1.82, 2.24) is 15.5 Å². The van der Waals surface area contributed by atoms with Crippen molar-refractivity contribution in [2.24, 2.45) is 0 Å². The number of benzene rings is 1. The van der Waals surface area contributed by atoms with Crippen molar-refractivity contribution in [3.8, 4) is 0 Å². The quantitative estimate of drug-likeness (QED) is 0.464. The number of rotatable bonds is 9. The van der Waals surface area contributed by atoms with Gasteiger partial charge in [0.1, 0.15) is 12.1 Å². The zero-order valence-corrected chi connectivity index (χ0v) is 18.2. The molecule has 1 fully saturated rings. The fourth-order valence-corrected chi connectivity index (χ4v) is 4.60. The summed E-state index contributed by atoms with van der Waals surface area (Å²) in [6, 6.07) is 7.29. The Morgan fingerprint density at radius 1 is 1.19 bits per heavy atom. The van der Waals surface area contributed by atoms with Crippen LogP contribution >= 0.6 is 0 Å². The second-order valence-electron chi connectivity index (χ2n) is 8.28. The third-order valence-electron chi connectivity index (χ3n) is 5.96. The highest BCUT2D eigenvalue weighted by Crippen LogP contribution is 2.29. The van der Waals surface area contributed by atoms with Crippen molar-refractivity contribution >= 4 is 23.8 Å². The van der Waals surface area contributed by atoms with Crippen LogP contribution in [0.15, 0.2) is 24.3 Å². The predicted molar refractivity (Wildman–Crippen MR) is 114 cm³/mol. The second kappa shape index (κ2) is 9.94. The maximum atomic E-state index is 12.8. The molecule has 1 aliphatic heterocycles. The lowest BCUT2D eigenvalue weighted by Crippen LogP contribution is -2.47. The van der Waals surface area contributed by atoms with Gasteiger partial charge in [0.05, 0.1) is 6.04 Å². The molecule has 0 saturated carbocycles. The molecule has 1 aromatic carbocycles. The van der Waals surface area contributed by atoms with E-state index >= 15 is 0 Å². The summed E-state index contributed by atoms with van der Waals surface area (Å²) < 4.78 is 5.06. The molecule has 0 aromatic heterocycles. The number of hydrogen-bond donors (Lipinski definition) is 2. The molecule has 1 aromatic rings. The van der Waals surface area contributed by atoms with E-state index in [2.05, 4.69) is 16.7 Å². The average molecular weight is 430 g/mol. The Bertz CT molecular complexity index is 847. The van der Waals surface area contributed by atoms with Gasteiger partial charge in [0.2, 0.25) is 0 Å². The predicted octanol–water partition coefficient (Wildman–Crippen LogP) is 2.61. The number of nitrogens with zero attached hydrogens (tertiary/aromatic N) is 1. The van der Waals surface area contributed by atoms with Gasteiger partial charge in [-0.05, 0) is 43.2 Å². The minimum atomic E-state index is -0.952. The SMILES string of the molecule is CCCC1(CCC)NC(=O)N(CC(=O)OCC(=O)N[C@H]2CCCc3ccccc32)C1=O. The monoisotopic (exact) mass is 429 g/mol. The molecule has 168 valence electrons. The van der Waals surface area contributed by atoms with Gasteiger partial charge in [-0.1, -0.05) is 51.0 Å². The number of imide groups is 1. The smallest absolute Gasteiger partial charge is 0.326 e. The van der Waals surface area contributed by atoms with Gasteiger partial charge in [-0.15, -0.1) is 0 Å². The summed E-state index contributed by atoms with van der Waals surface area (Å²) >= 11 is 0. The highest BCUT2D eigenvalue weighted by Gasteiger charge is 2.50. The molecule has 1 saturated heterocycles. The van der Waals surface area contributed by atoms with E-state index in [0.717, 1.165) is 42.6 Å². The van der Waals surface area contributed by atoms with Crippen LogP contribution in [0.3, 0.4) is 0 Å². The molecule has 2 N–H and O–H groups in total. The Hall–Kier alpha value is -2.90. The number of hydrogen-bond acceptors (Lipinski definition) is 5. The molecule has 3 rings (SSSR count). The number of urea groups is 1. The van der Waals surface area contributed by atoms with Crippen molar-refractivity contribution in [3.63, 3.8) is 0 Å².